The molecule has 12 heteroatoms. The summed E-state index contributed by atoms with van der Waals surface area (Å²) in [4.78, 5) is 41.7. The summed E-state index contributed by atoms with van der Waals surface area (Å²) in [6.07, 6.45) is 52.1. The number of hydroxylamine groups is 2. The van der Waals surface area contributed by atoms with Crippen molar-refractivity contribution in [2.45, 2.75) is 18.4 Å². The Morgan fingerprint density at radius 2 is 0.741 bits per heavy atom. The third-order valence-corrected chi connectivity index (χ3v) is 7.35. The first-order valence-electron chi connectivity index (χ1n) is 16.7. The van der Waals surface area contributed by atoms with Gasteiger partial charge in [-0.2, -0.15) is 0 Å². The molecule has 0 aromatic carbocycles. The summed E-state index contributed by atoms with van der Waals surface area (Å²) in [5, 5.41) is 3.26. The van der Waals surface area contributed by atoms with Gasteiger partial charge in [0.2, 0.25) is 0 Å². The summed E-state index contributed by atoms with van der Waals surface area (Å²) in [6.45, 7) is 1.08. The van der Waals surface area contributed by atoms with Crippen molar-refractivity contribution < 1.29 is 84.6 Å². The van der Waals surface area contributed by atoms with Gasteiger partial charge in [0.15, 0.2) is 0 Å². The average Bonchev–Trinajstić information content (AvgIpc) is 4.00. The van der Waals surface area contributed by atoms with Crippen LogP contribution < -0.4 is 5.32 Å². The zero-order valence-electron chi connectivity index (χ0n) is 29.6. The molecular formula is C42H44Fe3N2O7+6. The summed E-state index contributed by atoms with van der Waals surface area (Å²) in [6, 6.07) is 0. The van der Waals surface area contributed by atoms with Crippen molar-refractivity contribution in [1.82, 2.24) is 10.4 Å². The first-order valence-corrected chi connectivity index (χ1v) is 16.7. The van der Waals surface area contributed by atoms with Crippen molar-refractivity contribution >= 4 is 17.9 Å². The van der Waals surface area contributed by atoms with E-state index in [0.717, 1.165) is 17.8 Å². The van der Waals surface area contributed by atoms with Crippen LogP contribution in [0.25, 0.3) is 0 Å². The van der Waals surface area contributed by atoms with Crippen molar-refractivity contribution in [2.24, 2.45) is 0 Å². The summed E-state index contributed by atoms with van der Waals surface area (Å²) < 4.78 is 17.9. The molecule has 1 N–H and O–H groups in total. The van der Waals surface area contributed by atoms with E-state index in [4.69, 9.17) is 19.0 Å². The molecule has 0 bridgehead atoms. The Balaban J connectivity index is 0.000000668. The van der Waals surface area contributed by atoms with E-state index in [2.05, 4.69) is 5.32 Å². The topological polar surface area (TPSA) is 103 Å². The first-order chi connectivity index (χ1) is 25.0. The third kappa shape index (κ3) is 21.6. The minimum Gasteiger partial charge on any atom is -0.378 e. The fourth-order valence-electron chi connectivity index (χ4n) is 4.80. The van der Waals surface area contributed by atoms with Gasteiger partial charge in [0.1, 0.15) is 5.54 Å². The number of ether oxygens (including phenoxy) is 3. The van der Waals surface area contributed by atoms with Crippen molar-refractivity contribution in [1.29, 1.82) is 0 Å². The monoisotopic (exact) mass is 856 g/mol. The Bertz CT molecular complexity index is 846. The van der Waals surface area contributed by atoms with Crippen LogP contribution in [0.1, 0.15) is 12.8 Å². The summed E-state index contributed by atoms with van der Waals surface area (Å²) in [5.74, 6) is 1.82. The second-order valence-electron chi connectivity index (χ2n) is 11.6. The summed E-state index contributed by atoms with van der Waals surface area (Å²) in [5.41, 5.74) is -1.16. The van der Waals surface area contributed by atoms with Gasteiger partial charge in [-0.05, 0) is 173 Å². The average molecular weight is 856 g/mol. The maximum Gasteiger partial charge on any atom is 2.00 e. The normalized spacial score (nSPS) is 21.5. The molecule has 1 saturated heterocycles. The van der Waals surface area contributed by atoms with Gasteiger partial charge in [0.25, 0.3) is 11.8 Å². The van der Waals surface area contributed by atoms with Crippen LogP contribution in [0.3, 0.4) is 0 Å². The number of rotatable bonds is 14. The summed E-state index contributed by atoms with van der Waals surface area (Å²) in [7, 11) is 0. The SMILES string of the molecule is O=C(NC(COC[C]1[CH][CH][CH][CH]1)(COC[C]1[CH][CH][CH][CH]1)COC[C]1[CH][CH][CH][CH]1)ON1C(=O)CCC1=O.[CH]1[CH][CH][CH][CH]1.[CH]1[CH][CH][CH][CH]1.[CH]1[CH][CH][CH][CH]1.[Fe+2].[Fe+2].[Fe+2]. The van der Waals surface area contributed by atoms with Crippen LogP contribution >= 0.6 is 0 Å². The van der Waals surface area contributed by atoms with Crippen LogP contribution in [0.4, 0.5) is 4.79 Å². The van der Waals surface area contributed by atoms with E-state index in [1.807, 2.05) is 173 Å². The molecule has 7 fully saturated rings. The molecule has 0 unspecified atom stereocenters. The van der Waals surface area contributed by atoms with Crippen LogP contribution in [-0.4, -0.2) is 68.2 Å². The number of nitrogens with one attached hydrogen (secondary N) is 1. The van der Waals surface area contributed by atoms with E-state index >= 15 is 0 Å². The number of carbonyl (C=O) groups is 3. The van der Waals surface area contributed by atoms with Crippen LogP contribution in [-0.2, 0) is 79.8 Å². The van der Waals surface area contributed by atoms with Gasteiger partial charge >= 0.3 is 57.3 Å². The molecule has 0 atom stereocenters. The first kappa shape index (κ1) is 51.9. The molecule has 3 amide bonds. The van der Waals surface area contributed by atoms with Gasteiger partial charge in [0.05, 0.1) is 39.6 Å². The van der Waals surface area contributed by atoms with Crippen molar-refractivity contribution in [3.8, 4) is 0 Å². The molecule has 1 heterocycles. The minimum atomic E-state index is -1.16. The van der Waals surface area contributed by atoms with E-state index < -0.39 is 23.4 Å². The third-order valence-electron chi connectivity index (χ3n) is 7.35. The van der Waals surface area contributed by atoms with Crippen molar-refractivity contribution in [3.05, 3.63) is 191 Å². The molecule has 6 aliphatic carbocycles. The quantitative estimate of drug-likeness (QED) is 0.197. The molecule has 54 heavy (non-hydrogen) atoms. The Kier molecular flexibility index (Phi) is 30.5. The maximum absolute atomic E-state index is 12.8. The number of carbonyl (C=O) groups excluding carboxylic acids is 3. The molecule has 1 aliphatic heterocycles. The Morgan fingerprint density at radius 3 is 1.00 bits per heavy atom. The molecule has 282 valence electrons. The molecule has 0 aromatic heterocycles. The van der Waals surface area contributed by atoms with E-state index in [-0.39, 0.29) is 83.9 Å². The molecule has 9 nitrogen and oxygen atoms in total. The van der Waals surface area contributed by atoms with E-state index in [0.29, 0.717) is 24.9 Å². The van der Waals surface area contributed by atoms with Gasteiger partial charge < -0.3 is 24.4 Å². The zero-order chi connectivity index (χ0) is 35.8. The fraction of sp³-hybridized carbons (Fsp3) is 0.214. The predicted octanol–water partition coefficient (Wildman–Crippen LogP) is 4.84. The number of hydrogen-bond donors (Lipinski definition) is 1. The standard InChI is InChI=1S/C27H29N2O7.3C5H5.3Fe/c30-24-13-14-25(31)29(24)36-26(32)28-27(18-33-15-21-7-1-2-8-21,19-34-16-22-9-3-4-10-22)20-35-17-23-11-5-6-12-23;3*1-2-4-5-3-1;;;/h1-12H,13-20H2,(H,28,32);3*1-5H;;;/q;;;;3*+2. The fourth-order valence-corrected chi connectivity index (χ4v) is 4.80. The number of amides is 3. The van der Waals surface area contributed by atoms with Gasteiger partial charge in [-0.3, -0.25) is 9.59 Å². The van der Waals surface area contributed by atoms with E-state index in [1.165, 1.54) is 0 Å². The summed E-state index contributed by atoms with van der Waals surface area (Å²) >= 11 is 0. The van der Waals surface area contributed by atoms with Crippen LogP contribution in [0.5, 0.6) is 0 Å². The molecule has 30 radical (unpaired) electrons. The maximum atomic E-state index is 12.8. The van der Waals surface area contributed by atoms with Crippen LogP contribution in [0.2, 0.25) is 0 Å². The predicted molar refractivity (Wildman–Crippen MR) is 192 cm³/mol. The van der Waals surface area contributed by atoms with Gasteiger partial charge in [-0.25, -0.2) is 4.79 Å². The van der Waals surface area contributed by atoms with Crippen molar-refractivity contribution in [3.63, 3.8) is 0 Å². The van der Waals surface area contributed by atoms with Crippen LogP contribution in [0, 0.1) is 191 Å². The largest absolute Gasteiger partial charge is 2.00 e. The minimum absolute atomic E-state index is 0. The Hall–Kier alpha value is -0.152. The number of imide groups is 1. The molecule has 7 rings (SSSR count). The van der Waals surface area contributed by atoms with Crippen molar-refractivity contribution in [2.75, 3.05) is 39.6 Å². The Labute approximate surface area is 360 Å². The van der Waals surface area contributed by atoms with Gasteiger partial charge in [-0.15, -0.1) is 5.06 Å². The van der Waals surface area contributed by atoms with E-state index in [1.54, 1.807) is 0 Å². The zero-order valence-corrected chi connectivity index (χ0v) is 32.9. The second kappa shape index (κ2) is 31.8. The molecule has 7 aliphatic rings. The number of hydrogen-bond acceptors (Lipinski definition) is 7. The second-order valence-corrected chi connectivity index (χ2v) is 11.6. The number of nitrogens with zero attached hydrogens (tertiary/aromatic N) is 1. The molecule has 6 saturated carbocycles. The molecule has 0 aromatic rings. The van der Waals surface area contributed by atoms with Gasteiger partial charge in [-0.1, -0.05) is 0 Å². The molecule has 0 spiro atoms. The Morgan fingerprint density at radius 1 is 0.481 bits per heavy atom. The van der Waals surface area contributed by atoms with Gasteiger partial charge in [0, 0.05) is 30.6 Å². The molecular weight excluding hydrogens is 812 g/mol. The smallest absolute Gasteiger partial charge is 0.378 e. The van der Waals surface area contributed by atoms with E-state index in [9.17, 15) is 14.4 Å². The van der Waals surface area contributed by atoms with Crippen LogP contribution in [0.15, 0.2) is 0 Å².